The number of carbonyl (C=O) groups is 1. The molecule has 1 aromatic rings. The number of ether oxygens (including phenoxy) is 1. The van der Waals surface area contributed by atoms with E-state index in [2.05, 4.69) is 45.8 Å². The summed E-state index contributed by atoms with van der Waals surface area (Å²) in [4.78, 5) is 17.7. The van der Waals surface area contributed by atoms with E-state index in [1.54, 1.807) is 0 Å². The predicted octanol–water partition coefficient (Wildman–Crippen LogP) is 2.40. The molecule has 3 heterocycles. The minimum atomic E-state index is 0.238. The number of amides is 1. The molecule has 3 fully saturated rings. The van der Waals surface area contributed by atoms with Crippen molar-refractivity contribution in [2.45, 2.75) is 44.7 Å². The second-order valence-electron chi connectivity index (χ2n) is 8.07. The van der Waals surface area contributed by atoms with E-state index in [1.165, 1.54) is 0 Å². The molecule has 1 aromatic heterocycles. The van der Waals surface area contributed by atoms with E-state index in [4.69, 9.17) is 4.74 Å². The molecule has 0 aromatic carbocycles. The number of aromatic nitrogens is 1. The first kappa shape index (κ1) is 17.1. The van der Waals surface area contributed by atoms with Gasteiger partial charge in [-0.05, 0) is 43.7 Å². The minimum Gasteiger partial charge on any atom is -0.379 e. The molecular weight excluding hydrogens is 314 g/mol. The Bertz CT molecular complexity index is 560. The van der Waals surface area contributed by atoms with E-state index in [0.29, 0.717) is 23.9 Å². The first-order chi connectivity index (χ1) is 12.2. The molecule has 3 aliphatic rings. The zero-order valence-electron chi connectivity index (χ0n) is 15.3. The van der Waals surface area contributed by atoms with Crippen LogP contribution in [0.15, 0.2) is 24.5 Å². The maximum Gasteiger partial charge on any atom is 0.225 e. The van der Waals surface area contributed by atoms with Crippen LogP contribution < -0.4 is 0 Å². The van der Waals surface area contributed by atoms with Crippen molar-refractivity contribution in [1.29, 1.82) is 0 Å². The average molecular weight is 345 g/mol. The lowest BCUT2D eigenvalue weighted by molar-refractivity contribution is -0.136. The standard InChI is InChI=1S/C20H31N3O2/c1-16-14-23(15-19(16)22-10-12-25-13-11-22)20(24)17-4-6-18(7-5-17)21-8-2-3-9-21/h2-3,8-9,16-19H,4-7,10-15H2,1H3/t16-,17?,18?,19-/m0/s1. The predicted molar refractivity (Wildman–Crippen MR) is 97.4 cm³/mol. The van der Waals surface area contributed by atoms with E-state index in [-0.39, 0.29) is 5.92 Å². The highest BCUT2D eigenvalue weighted by Crippen LogP contribution is 2.34. The summed E-state index contributed by atoms with van der Waals surface area (Å²) in [6, 6.07) is 5.28. The van der Waals surface area contributed by atoms with Crippen molar-refractivity contribution in [2.24, 2.45) is 11.8 Å². The molecule has 2 saturated heterocycles. The smallest absolute Gasteiger partial charge is 0.225 e. The van der Waals surface area contributed by atoms with E-state index in [1.807, 2.05) is 0 Å². The molecule has 138 valence electrons. The molecule has 1 aliphatic carbocycles. The van der Waals surface area contributed by atoms with Crippen LogP contribution in [0.4, 0.5) is 0 Å². The van der Waals surface area contributed by atoms with Gasteiger partial charge in [0.05, 0.1) is 13.2 Å². The Kier molecular flexibility index (Phi) is 5.13. The van der Waals surface area contributed by atoms with Crippen molar-refractivity contribution < 1.29 is 9.53 Å². The van der Waals surface area contributed by atoms with Crippen LogP contribution in [-0.4, -0.2) is 65.7 Å². The molecule has 2 aliphatic heterocycles. The summed E-state index contributed by atoms with van der Waals surface area (Å²) in [6.45, 7) is 7.84. The summed E-state index contributed by atoms with van der Waals surface area (Å²) in [6.07, 6.45) is 8.64. The Morgan fingerprint density at radius 2 is 1.68 bits per heavy atom. The fourth-order valence-electron chi connectivity index (χ4n) is 4.98. The monoisotopic (exact) mass is 345 g/mol. The fraction of sp³-hybridized carbons (Fsp3) is 0.750. The van der Waals surface area contributed by atoms with Crippen molar-refractivity contribution in [1.82, 2.24) is 14.4 Å². The van der Waals surface area contributed by atoms with Crippen LogP contribution in [0.1, 0.15) is 38.6 Å². The first-order valence-electron chi connectivity index (χ1n) is 9.95. The molecule has 0 spiro atoms. The van der Waals surface area contributed by atoms with Gasteiger partial charge in [-0.3, -0.25) is 9.69 Å². The Morgan fingerprint density at radius 3 is 2.36 bits per heavy atom. The van der Waals surface area contributed by atoms with E-state index >= 15 is 0 Å². The van der Waals surface area contributed by atoms with Gasteiger partial charge < -0.3 is 14.2 Å². The van der Waals surface area contributed by atoms with Crippen LogP contribution in [0.25, 0.3) is 0 Å². The summed E-state index contributed by atoms with van der Waals surface area (Å²) in [5, 5.41) is 0. The maximum absolute atomic E-state index is 13.0. The van der Waals surface area contributed by atoms with Gasteiger partial charge in [0.25, 0.3) is 0 Å². The van der Waals surface area contributed by atoms with Gasteiger partial charge in [0.15, 0.2) is 0 Å². The normalized spacial score (nSPS) is 34.4. The molecule has 4 rings (SSSR count). The van der Waals surface area contributed by atoms with Crippen LogP contribution in [-0.2, 0) is 9.53 Å². The van der Waals surface area contributed by atoms with Crippen molar-refractivity contribution >= 4 is 5.91 Å². The maximum atomic E-state index is 13.0. The third kappa shape index (κ3) is 3.63. The van der Waals surface area contributed by atoms with Crippen molar-refractivity contribution in [2.75, 3.05) is 39.4 Å². The van der Waals surface area contributed by atoms with E-state index in [0.717, 1.165) is 65.1 Å². The molecule has 5 nitrogen and oxygen atoms in total. The van der Waals surface area contributed by atoms with Crippen LogP contribution >= 0.6 is 0 Å². The van der Waals surface area contributed by atoms with Gasteiger partial charge >= 0.3 is 0 Å². The SMILES string of the molecule is C[C@H]1CN(C(=O)C2CCC(n3cccc3)CC2)C[C@@H]1N1CCOCC1. The van der Waals surface area contributed by atoms with Gasteiger partial charge in [-0.1, -0.05) is 6.92 Å². The molecule has 0 unspecified atom stereocenters. The zero-order chi connectivity index (χ0) is 17.2. The molecular formula is C20H31N3O2. The van der Waals surface area contributed by atoms with Gasteiger partial charge in [-0.15, -0.1) is 0 Å². The molecule has 2 atom stereocenters. The Balaban J connectivity index is 1.31. The highest BCUT2D eigenvalue weighted by atomic mass is 16.5. The molecule has 25 heavy (non-hydrogen) atoms. The van der Waals surface area contributed by atoms with Crippen molar-refractivity contribution in [3.8, 4) is 0 Å². The summed E-state index contributed by atoms with van der Waals surface area (Å²) >= 11 is 0. The van der Waals surface area contributed by atoms with Crippen LogP contribution in [0, 0.1) is 11.8 Å². The molecule has 0 radical (unpaired) electrons. The highest BCUT2D eigenvalue weighted by Gasteiger charge is 2.39. The first-order valence-corrected chi connectivity index (χ1v) is 9.95. The van der Waals surface area contributed by atoms with Gasteiger partial charge in [-0.2, -0.15) is 0 Å². The lowest BCUT2D eigenvalue weighted by Gasteiger charge is -2.34. The van der Waals surface area contributed by atoms with E-state index in [9.17, 15) is 4.79 Å². The van der Waals surface area contributed by atoms with Crippen molar-refractivity contribution in [3.63, 3.8) is 0 Å². The van der Waals surface area contributed by atoms with E-state index < -0.39 is 0 Å². The summed E-state index contributed by atoms with van der Waals surface area (Å²) in [5.74, 6) is 1.22. The van der Waals surface area contributed by atoms with Gasteiger partial charge in [0.1, 0.15) is 0 Å². The molecule has 1 saturated carbocycles. The Hall–Kier alpha value is -1.33. The zero-order valence-corrected chi connectivity index (χ0v) is 15.3. The second kappa shape index (κ2) is 7.50. The number of morpholine rings is 1. The number of nitrogens with zero attached hydrogens (tertiary/aromatic N) is 3. The quantitative estimate of drug-likeness (QED) is 0.844. The Morgan fingerprint density at radius 1 is 1.00 bits per heavy atom. The van der Waals surface area contributed by atoms with Gasteiger partial charge in [0, 0.05) is 56.6 Å². The van der Waals surface area contributed by atoms with Crippen molar-refractivity contribution in [3.05, 3.63) is 24.5 Å². The Labute approximate surface area is 150 Å². The van der Waals surface area contributed by atoms with Crippen LogP contribution in [0.2, 0.25) is 0 Å². The third-order valence-corrected chi connectivity index (χ3v) is 6.49. The molecule has 0 N–H and O–H groups in total. The average Bonchev–Trinajstić information content (AvgIpc) is 3.32. The largest absolute Gasteiger partial charge is 0.379 e. The summed E-state index contributed by atoms with van der Waals surface area (Å²) in [7, 11) is 0. The lowest BCUT2D eigenvalue weighted by atomic mass is 9.85. The summed E-state index contributed by atoms with van der Waals surface area (Å²) < 4.78 is 7.79. The fourth-order valence-corrected chi connectivity index (χ4v) is 4.98. The van der Waals surface area contributed by atoms with Gasteiger partial charge in [0.2, 0.25) is 5.91 Å². The van der Waals surface area contributed by atoms with Crippen LogP contribution in [0.5, 0.6) is 0 Å². The number of rotatable bonds is 3. The molecule has 5 heteroatoms. The number of carbonyl (C=O) groups excluding carboxylic acids is 1. The number of hydrogen-bond donors (Lipinski definition) is 0. The molecule has 1 amide bonds. The third-order valence-electron chi connectivity index (χ3n) is 6.49. The highest BCUT2D eigenvalue weighted by molar-refractivity contribution is 5.79. The second-order valence-corrected chi connectivity index (χ2v) is 8.07. The lowest BCUT2D eigenvalue weighted by Crippen LogP contribution is -2.47. The van der Waals surface area contributed by atoms with Gasteiger partial charge in [-0.25, -0.2) is 0 Å². The minimum absolute atomic E-state index is 0.238. The topological polar surface area (TPSA) is 37.7 Å². The number of likely N-dealkylation sites (tertiary alicyclic amines) is 1. The number of hydrogen-bond acceptors (Lipinski definition) is 3. The molecule has 0 bridgehead atoms. The summed E-state index contributed by atoms with van der Waals surface area (Å²) in [5.41, 5.74) is 0. The van der Waals surface area contributed by atoms with Crippen LogP contribution in [0.3, 0.4) is 0 Å².